The molecule has 0 aromatic carbocycles. The Hall–Kier alpha value is -0.660. The van der Waals surface area contributed by atoms with E-state index in [-0.39, 0.29) is 12.5 Å². The molecule has 2 aliphatic rings. The monoisotopic (exact) mass is 275 g/mol. The molecule has 0 saturated carbocycles. The summed E-state index contributed by atoms with van der Waals surface area (Å²) in [5, 5.41) is 0. The normalized spacial score (nSPS) is 22.3. The third-order valence-electron chi connectivity index (χ3n) is 3.52. The van der Waals surface area contributed by atoms with Crippen LogP contribution in [0.3, 0.4) is 0 Å². The van der Waals surface area contributed by atoms with Gasteiger partial charge in [0, 0.05) is 26.2 Å². The van der Waals surface area contributed by atoms with Crippen LogP contribution in [0.15, 0.2) is 0 Å². The van der Waals surface area contributed by atoms with E-state index in [1.807, 2.05) is 0 Å². The van der Waals surface area contributed by atoms with Gasteiger partial charge in [-0.15, -0.1) is 0 Å². The lowest BCUT2D eigenvalue weighted by atomic mass is 10.2. The average Bonchev–Trinajstić information content (AvgIpc) is 2.91. The van der Waals surface area contributed by atoms with Crippen molar-refractivity contribution in [2.75, 3.05) is 32.7 Å². The highest BCUT2D eigenvalue weighted by molar-refractivity contribution is 7.87. The van der Waals surface area contributed by atoms with E-state index in [4.69, 9.17) is 0 Å². The lowest BCUT2D eigenvalue weighted by molar-refractivity contribution is -0.128. The quantitative estimate of drug-likeness (QED) is 0.781. The number of carbonyl (C=O) groups is 1. The van der Waals surface area contributed by atoms with E-state index >= 15 is 0 Å². The number of piperidine rings is 1. The van der Waals surface area contributed by atoms with Crippen molar-refractivity contribution in [2.24, 2.45) is 0 Å². The van der Waals surface area contributed by atoms with Crippen molar-refractivity contribution in [1.29, 1.82) is 0 Å². The lowest BCUT2D eigenvalue weighted by Gasteiger charge is -2.26. The van der Waals surface area contributed by atoms with Crippen LogP contribution in [-0.4, -0.2) is 56.3 Å². The molecule has 2 saturated heterocycles. The maximum absolute atomic E-state index is 11.9. The molecule has 2 fully saturated rings. The number of nitrogens with one attached hydrogen (secondary N) is 1. The van der Waals surface area contributed by atoms with Gasteiger partial charge < -0.3 is 4.90 Å². The molecule has 0 spiro atoms. The highest BCUT2D eigenvalue weighted by Crippen LogP contribution is 2.12. The molecule has 0 radical (unpaired) electrons. The second-order valence-corrected chi connectivity index (χ2v) is 6.63. The third kappa shape index (κ3) is 3.43. The number of carbonyl (C=O) groups excluding carboxylic acids is 1. The number of hydrogen-bond acceptors (Lipinski definition) is 3. The van der Waals surface area contributed by atoms with Gasteiger partial charge in [-0.1, -0.05) is 6.42 Å². The minimum absolute atomic E-state index is 0.112. The Kier molecular flexibility index (Phi) is 4.58. The Bertz CT molecular complexity index is 384. The van der Waals surface area contributed by atoms with Gasteiger partial charge in [-0.25, -0.2) is 0 Å². The molecule has 0 atom stereocenters. The Labute approximate surface area is 109 Å². The fraction of sp³-hybridized carbons (Fsp3) is 0.909. The molecule has 7 heteroatoms. The van der Waals surface area contributed by atoms with Crippen molar-refractivity contribution in [3.05, 3.63) is 0 Å². The third-order valence-corrected chi connectivity index (χ3v) is 5.07. The van der Waals surface area contributed by atoms with E-state index < -0.39 is 10.2 Å². The van der Waals surface area contributed by atoms with Crippen LogP contribution in [0.25, 0.3) is 0 Å². The summed E-state index contributed by atoms with van der Waals surface area (Å²) in [6, 6.07) is 0. The van der Waals surface area contributed by atoms with Crippen LogP contribution in [0.1, 0.15) is 32.1 Å². The van der Waals surface area contributed by atoms with Crippen molar-refractivity contribution in [1.82, 2.24) is 13.9 Å². The van der Waals surface area contributed by atoms with Gasteiger partial charge in [-0.3, -0.25) is 4.79 Å². The van der Waals surface area contributed by atoms with Crippen LogP contribution in [0.2, 0.25) is 0 Å². The summed E-state index contributed by atoms with van der Waals surface area (Å²) >= 11 is 0. The second-order valence-electron chi connectivity index (χ2n) is 4.87. The van der Waals surface area contributed by atoms with E-state index in [1.54, 1.807) is 4.90 Å². The van der Waals surface area contributed by atoms with Crippen molar-refractivity contribution in [3.63, 3.8) is 0 Å². The zero-order chi connectivity index (χ0) is 13.0. The van der Waals surface area contributed by atoms with Gasteiger partial charge in [-0.2, -0.15) is 17.4 Å². The number of nitrogens with zero attached hydrogens (tertiary/aromatic N) is 2. The van der Waals surface area contributed by atoms with Crippen LogP contribution < -0.4 is 4.72 Å². The molecule has 0 aromatic heterocycles. The first kappa shape index (κ1) is 13.8. The Balaban J connectivity index is 1.82. The molecule has 0 unspecified atom stereocenters. The highest BCUT2D eigenvalue weighted by atomic mass is 32.2. The van der Waals surface area contributed by atoms with Crippen LogP contribution in [0, 0.1) is 0 Å². The minimum Gasteiger partial charge on any atom is -0.342 e. The van der Waals surface area contributed by atoms with Gasteiger partial charge >= 0.3 is 0 Å². The summed E-state index contributed by atoms with van der Waals surface area (Å²) in [7, 11) is -3.47. The van der Waals surface area contributed by atoms with Gasteiger partial charge in [0.15, 0.2) is 0 Å². The first-order valence-electron chi connectivity index (χ1n) is 6.62. The predicted molar refractivity (Wildman–Crippen MR) is 68.2 cm³/mol. The molecule has 18 heavy (non-hydrogen) atoms. The molecule has 1 amide bonds. The highest BCUT2D eigenvalue weighted by Gasteiger charge is 2.25. The first-order valence-corrected chi connectivity index (χ1v) is 8.06. The minimum atomic E-state index is -3.47. The molecule has 6 nitrogen and oxygen atoms in total. The number of rotatable bonds is 4. The van der Waals surface area contributed by atoms with Crippen LogP contribution in [0.5, 0.6) is 0 Å². The summed E-state index contributed by atoms with van der Waals surface area (Å²) in [5.74, 6) is -0.118. The van der Waals surface area contributed by atoms with Crippen molar-refractivity contribution >= 4 is 16.1 Å². The van der Waals surface area contributed by atoms with E-state index in [2.05, 4.69) is 4.72 Å². The van der Waals surface area contributed by atoms with E-state index in [0.29, 0.717) is 13.1 Å². The van der Waals surface area contributed by atoms with Crippen LogP contribution >= 0.6 is 0 Å². The molecule has 0 bridgehead atoms. The molecule has 2 aliphatic heterocycles. The molecule has 2 rings (SSSR count). The number of hydrogen-bond donors (Lipinski definition) is 1. The molecule has 0 aromatic rings. The second kappa shape index (κ2) is 5.99. The largest absolute Gasteiger partial charge is 0.342 e. The first-order chi connectivity index (χ1) is 8.59. The maximum Gasteiger partial charge on any atom is 0.279 e. The summed E-state index contributed by atoms with van der Waals surface area (Å²) in [6.07, 6.45) is 4.93. The zero-order valence-electron chi connectivity index (χ0n) is 10.6. The van der Waals surface area contributed by atoms with Gasteiger partial charge in [0.25, 0.3) is 10.2 Å². The standard InChI is InChI=1S/C11H21N3O3S/c15-11(13-6-4-5-7-13)10-12-18(16,17)14-8-2-1-3-9-14/h12H,1-10H2. The molecule has 1 N–H and O–H groups in total. The summed E-state index contributed by atoms with van der Waals surface area (Å²) in [6.45, 7) is 2.52. The van der Waals surface area contributed by atoms with Gasteiger partial charge in [0.05, 0.1) is 6.54 Å². The predicted octanol–water partition coefficient (Wildman–Crippen LogP) is -0.0709. The smallest absolute Gasteiger partial charge is 0.279 e. The SMILES string of the molecule is O=C(CNS(=O)(=O)N1CCCCC1)N1CCCC1. The van der Waals surface area contributed by atoms with Gasteiger partial charge in [-0.05, 0) is 25.7 Å². The van der Waals surface area contributed by atoms with Crippen LogP contribution in [0.4, 0.5) is 0 Å². The Morgan fingerprint density at radius 3 is 2.11 bits per heavy atom. The number of amides is 1. The van der Waals surface area contributed by atoms with Crippen molar-refractivity contribution < 1.29 is 13.2 Å². The van der Waals surface area contributed by atoms with E-state index in [1.165, 1.54) is 4.31 Å². The Morgan fingerprint density at radius 2 is 1.50 bits per heavy atom. The summed E-state index contributed by atoms with van der Waals surface area (Å²) in [4.78, 5) is 13.5. The van der Waals surface area contributed by atoms with Crippen LogP contribution in [-0.2, 0) is 15.0 Å². The van der Waals surface area contributed by atoms with Crippen molar-refractivity contribution in [2.45, 2.75) is 32.1 Å². The number of likely N-dealkylation sites (tertiary alicyclic amines) is 1. The fourth-order valence-corrected chi connectivity index (χ4v) is 3.66. The zero-order valence-corrected chi connectivity index (χ0v) is 11.4. The van der Waals surface area contributed by atoms with E-state index in [0.717, 1.165) is 45.2 Å². The molecule has 2 heterocycles. The van der Waals surface area contributed by atoms with Gasteiger partial charge in [0.2, 0.25) is 5.91 Å². The maximum atomic E-state index is 11.9. The molecular formula is C11H21N3O3S. The molecule has 104 valence electrons. The molecular weight excluding hydrogens is 254 g/mol. The fourth-order valence-electron chi connectivity index (χ4n) is 2.43. The topological polar surface area (TPSA) is 69.7 Å². The average molecular weight is 275 g/mol. The lowest BCUT2D eigenvalue weighted by Crippen LogP contribution is -2.47. The Morgan fingerprint density at radius 1 is 0.944 bits per heavy atom. The summed E-state index contributed by atoms with van der Waals surface area (Å²) in [5.41, 5.74) is 0. The van der Waals surface area contributed by atoms with Gasteiger partial charge in [0.1, 0.15) is 0 Å². The summed E-state index contributed by atoms with van der Waals surface area (Å²) < 4.78 is 27.7. The van der Waals surface area contributed by atoms with Crippen molar-refractivity contribution in [3.8, 4) is 0 Å². The van der Waals surface area contributed by atoms with E-state index in [9.17, 15) is 13.2 Å². The molecule has 0 aliphatic carbocycles.